The Hall–Kier alpha value is 0.137. The van der Waals surface area contributed by atoms with Crippen molar-refractivity contribution in [2.45, 2.75) is 51.6 Å². The van der Waals surface area contributed by atoms with Crippen LogP contribution in [-0.4, -0.2) is 21.8 Å². The number of hydrogen-bond donors (Lipinski definition) is 0. The summed E-state index contributed by atoms with van der Waals surface area (Å²) in [4.78, 5) is 0. The van der Waals surface area contributed by atoms with Crippen LogP contribution in [0.1, 0.15) is 39.5 Å². The van der Waals surface area contributed by atoms with Crippen LogP contribution >= 0.6 is 0 Å². The Bertz CT molecular complexity index is 138. The van der Waals surface area contributed by atoms with E-state index in [0.29, 0.717) is 0 Å². The lowest BCUT2D eigenvalue weighted by Crippen LogP contribution is -2.43. The first-order valence-corrected chi connectivity index (χ1v) is 7.90. The predicted octanol–water partition coefficient (Wildman–Crippen LogP) is 3.08. The second-order valence-electron chi connectivity index (χ2n) is 3.86. The molecule has 0 aromatic rings. The normalized spacial score (nSPS) is 19.6. The maximum Gasteiger partial charge on any atom is 0.338 e. The summed E-state index contributed by atoms with van der Waals surface area (Å²) in [5.41, 5.74) is 0.743. The summed E-state index contributed by atoms with van der Waals surface area (Å²) >= 11 is 0. The summed E-state index contributed by atoms with van der Waals surface area (Å²) in [5.74, 6) is 0. The molecule has 0 N–H and O–H groups in total. The molecular weight excluding hydrogens is 180 g/mol. The van der Waals surface area contributed by atoms with Gasteiger partial charge in [-0.05, 0) is 33.2 Å². The van der Waals surface area contributed by atoms with Crippen molar-refractivity contribution < 1.29 is 8.85 Å². The summed E-state index contributed by atoms with van der Waals surface area (Å²) in [7, 11) is -1.82. The van der Waals surface area contributed by atoms with Crippen molar-refractivity contribution in [3.8, 4) is 0 Å². The molecule has 78 valence electrons. The van der Waals surface area contributed by atoms with E-state index in [2.05, 4.69) is 20.4 Å². The van der Waals surface area contributed by atoms with Gasteiger partial charge in [-0.2, -0.15) is 0 Å². The van der Waals surface area contributed by atoms with Gasteiger partial charge in [-0.15, -0.1) is 0 Å². The molecule has 0 heterocycles. The Kier molecular flexibility index (Phi) is 4.42. The van der Waals surface area contributed by atoms with Gasteiger partial charge in [0.05, 0.1) is 0 Å². The van der Waals surface area contributed by atoms with E-state index in [1.807, 2.05) is 0 Å². The minimum absolute atomic E-state index is 0.743. The van der Waals surface area contributed by atoms with E-state index < -0.39 is 8.56 Å². The molecule has 1 rings (SSSR count). The maximum atomic E-state index is 5.87. The van der Waals surface area contributed by atoms with Crippen LogP contribution in [-0.2, 0) is 8.85 Å². The van der Waals surface area contributed by atoms with E-state index in [4.69, 9.17) is 8.85 Å². The first-order valence-electron chi connectivity index (χ1n) is 5.50. The molecule has 0 radical (unpaired) electrons. The largest absolute Gasteiger partial charge is 0.394 e. The third-order valence-corrected chi connectivity index (χ3v) is 6.74. The summed E-state index contributed by atoms with van der Waals surface area (Å²) in [5, 5.41) is 0. The third kappa shape index (κ3) is 2.79. The number of hydrogen-bond acceptors (Lipinski definition) is 2. The van der Waals surface area contributed by atoms with Gasteiger partial charge in [0.1, 0.15) is 0 Å². The molecule has 0 spiro atoms. The van der Waals surface area contributed by atoms with E-state index in [1.54, 1.807) is 0 Å². The van der Waals surface area contributed by atoms with Crippen LogP contribution < -0.4 is 0 Å². The van der Waals surface area contributed by atoms with Gasteiger partial charge in [0.25, 0.3) is 0 Å². The lowest BCUT2D eigenvalue weighted by molar-refractivity contribution is 0.178. The Morgan fingerprint density at radius 2 is 1.54 bits per heavy atom. The van der Waals surface area contributed by atoms with Crippen molar-refractivity contribution in [1.82, 2.24) is 0 Å². The van der Waals surface area contributed by atoms with Crippen LogP contribution in [0.25, 0.3) is 0 Å². The molecule has 1 aliphatic carbocycles. The van der Waals surface area contributed by atoms with Crippen LogP contribution in [0, 0.1) is 0 Å². The highest BCUT2D eigenvalue weighted by Gasteiger charge is 2.41. The van der Waals surface area contributed by atoms with Gasteiger partial charge < -0.3 is 8.85 Å². The van der Waals surface area contributed by atoms with Gasteiger partial charge >= 0.3 is 8.56 Å². The highest BCUT2D eigenvalue weighted by molar-refractivity contribution is 6.67. The van der Waals surface area contributed by atoms with E-state index in [0.717, 1.165) is 18.8 Å². The van der Waals surface area contributed by atoms with Crippen LogP contribution in [0.5, 0.6) is 0 Å². The second kappa shape index (κ2) is 5.13. The molecule has 13 heavy (non-hydrogen) atoms. The van der Waals surface area contributed by atoms with Crippen LogP contribution in [0.15, 0.2) is 0 Å². The van der Waals surface area contributed by atoms with Gasteiger partial charge in [-0.3, -0.25) is 0 Å². The molecule has 3 heteroatoms. The summed E-state index contributed by atoms with van der Waals surface area (Å²) in [6.07, 6.45) is 5.38. The van der Waals surface area contributed by atoms with E-state index in [-0.39, 0.29) is 0 Å². The summed E-state index contributed by atoms with van der Waals surface area (Å²) in [6.45, 7) is 7.98. The molecule has 0 bridgehead atoms. The summed E-state index contributed by atoms with van der Waals surface area (Å²) < 4.78 is 11.7. The molecule has 0 aromatic carbocycles. The second-order valence-corrected chi connectivity index (χ2v) is 7.29. The van der Waals surface area contributed by atoms with Gasteiger partial charge in [0.2, 0.25) is 0 Å². The average Bonchev–Trinajstić information content (AvgIpc) is 2.57. The molecule has 0 atom stereocenters. The van der Waals surface area contributed by atoms with Gasteiger partial charge in [-0.1, -0.05) is 12.8 Å². The molecule has 0 aliphatic heterocycles. The first kappa shape index (κ1) is 11.2. The quantitative estimate of drug-likeness (QED) is 0.638. The monoisotopic (exact) mass is 202 g/mol. The van der Waals surface area contributed by atoms with Crippen LogP contribution in [0.2, 0.25) is 12.1 Å². The topological polar surface area (TPSA) is 18.5 Å². The van der Waals surface area contributed by atoms with Gasteiger partial charge in [0.15, 0.2) is 0 Å². The van der Waals surface area contributed by atoms with Crippen LogP contribution in [0.4, 0.5) is 0 Å². The SMILES string of the molecule is CCO[Si](C)(OCC)C1CCCC1. The molecule has 2 nitrogen and oxygen atoms in total. The Morgan fingerprint density at radius 1 is 1.08 bits per heavy atom. The minimum Gasteiger partial charge on any atom is -0.394 e. The molecule has 1 aliphatic rings. The lowest BCUT2D eigenvalue weighted by atomic mass is 10.4. The molecule has 1 fully saturated rings. The van der Waals surface area contributed by atoms with Crippen molar-refractivity contribution in [1.29, 1.82) is 0 Å². The lowest BCUT2D eigenvalue weighted by Gasteiger charge is -2.31. The van der Waals surface area contributed by atoms with Gasteiger partial charge in [-0.25, -0.2) is 0 Å². The van der Waals surface area contributed by atoms with Crippen molar-refractivity contribution in [3.63, 3.8) is 0 Å². The number of rotatable bonds is 5. The molecule has 1 saturated carbocycles. The van der Waals surface area contributed by atoms with E-state index >= 15 is 0 Å². The molecule has 0 saturated heterocycles. The van der Waals surface area contributed by atoms with Crippen molar-refractivity contribution in [2.75, 3.05) is 13.2 Å². The first-order chi connectivity index (χ1) is 6.23. The zero-order chi connectivity index (χ0) is 9.73. The summed E-state index contributed by atoms with van der Waals surface area (Å²) in [6, 6.07) is 0. The van der Waals surface area contributed by atoms with Crippen molar-refractivity contribution in [2.24, 2.45) is 0 Å². The van der Waals surface area contributed by atoms with Crippen molar-refractivity contribution >= 4 is 8.56 Å². The average molecular weight is 202 g/mol. The zero-order valence-corrected chi connectivity index (χ0v) is 10.1. The molecular formula is C10H22O2Si. The minimum atomic E-state index is -1.82. The highest BCUT2D eigenvalue weighted by atomic mass is 28.4. The molecule has 0 amide bonds. The fraction of sp³-hybridized carbons (Fsp3) is 1.00. The van der Waals surface area contributed by atoms with E-state index in [9.17, 15) is 0 Å². The van der Waals surface area contributed by atoms with Crippen molar-refractivity contribution in [3.05, 3.63) is 0 Å². The Balaban J connectivity index is 2.52. The van der Waals surface area contributed by atoms with Gasteiger partial charge in [0, 0.05) is 18.8 Å². The molecule has 0 aromatic heterocycles. The Labute approximate surface area is 82.9 Å². The third-order valence-electron chi connectivity index (χ3n) is 2.96. The predicted molar refractivity (Wildman–Crippen MR) is 57.1 cm³/mol. The fourth-order valence-electron chi connectivity index (χ4n) is 2.30. The highest BCUT2D eigenvalue weighted by Crippen LogP contribution is 2.39. The van der Waals surface area contributed by atoms with Crippen LogP contribution in [0.3, 0.4) is 0 Å². The Morgan fingerprint density at radius 3 is 1.92 bits per heavy atom. The standard InChI is InChI=1S/C10H22O2Si/c1-4-11-13(3,12-5-2)10-8-6-7-9-10/h10H,4-9H2,1-3H3. The van der Waals surface area contributed by atoms with E-state index in [1.165, 1.54) is 25.7 Å². The maximum absolute atomic E-state index is 5.87. The fourth-order valence-corrected chi connectivity index (χ4v) is 5.46. The smallest absolute Gasteiger partial charge is 0.338 e. The molecule has 0 unspecified atom stereocenters. The zero-order valence-electron chi connectivity index (χ0n) is 9.14.